The quantitative estimate of drug-likeness (QED) is 0.752. The molecular formula is C17H17FO. The number of aryl methyl sites for hydroxylation is 3. The molecule has 0 heterocycles. The Morgan fingerprint density at radius 3 is 2.37 bits per heavy atom. The van der Waals surface area contributed by atoms with Gasteiger partial charge in [0, 0.05) is 5.56 Å². The normalized spacial score (nSPS) is 10.5. The van der Waals surface area contributed by atoms with Crippen LogP contribution < -0.4 is 0 Å². The number of hydrogen-bond donors (Lipinski definition) is 0. The number of ketones is 1. The monoisotopic (exact) mass is 256 g/mol. The molecule has 1 nitrogen and oxygen atoms in total. The molecule has 2 heteroatoms. The average molecular weight is 256 g/mol. The third-order valence-corrected chi connectivity index (χ3v) is 3.24. The van der Waals surface area contributed by atoms with Gasteiger partial charge in [-0.15, -0.1) is 0 Å². The maximum atomic E-state index is 12.8. The Morgan fingerprint density at radius 2 is 1.74 bits per heavy atom. The molecule has 0 aliphatic carbocycles. The minimum absolute atomic E-state index is 0.0918. The first-order valence-corrected chi connectivity index (χ1v) is 6.41. The molecule has 0 amide bonds. The van der Waals surface area contributed by atoms with E-state index in [2.05, 4.69) is 6.07 Å². The van der Waals surface area contributed by atoms with Crippen LogP contribution in [0.5, 0.6) is 0 Å². The van der Waals surface area contributed by atoms with Gasteiger partial charge in [0.1, 0.15) is 5.82 Å². The molecule has 0 bridgehead atoms. The lowest BCUT2D eigenvalue weighted by molar-refractivity contribution is 0.101. The Kier molecular flexibility index (Phi) is 4.10. The van der Waals surface area contributed by atoms with Crippen molar-refractivity contribution in [3.63, 3.8) is 0 Å². The van der Waals surface area contributed by atoms with Crippen molar-refractivity contribution in [1.29, 1.82) is 0 Å². The zero-order valence-corrected chi connectivity index (χ0v) is 11.2. The molecule has 0 spiro atoms. The van der Waals surface area contributed by atoms with Crippen LogP contribution in [0, 0.1) is 12.7 Å². The Hall–Kier alpha value is -1.96. The third-order valence-electron chi connectivity index (χ3n) is 3.24. The highest BCUT2D eigenvalue weighted by molar-refractivity contribution is 5.95. The van der Waals surface area contributed by atoms with Crippen LogP contribution in [0.15, 0.2) is 42.5 Å². The van der Waals surface area contributed by atoms with Crippen LogP contribution in [0.2, 0.25) is 0 Å². The van der Waals surface area contributed by atoms with Gasteiger partial charge in [0.05, 0.1) is 0 Å². The number of halogens is 1. The summed E-state index contributed by atoms with van der Waals surface area (Å²) in [5, 5.41) is 0. The van der Waals surface area contributed by atoms with Crippen LogP contribution in [-0.2, 0) is 12.8 Å². The maximum Gasteiger partial charge on any atom is 0.160 e. The second-order valence-corrected chi connectivity index (χ2v) is 4.84. The van der Waals surface area contributed by atoms with E-state index in [4.69, 9.17) is 0 Å². The fourth-order valence-electron chi connectivity index (χ4n) is 2.20. The first kappa shape index (κ1) is 13.5. The number of rotatable bonds is 4. The number of carbonyl (C=O) groups excluding carboxylic acids is 1. The van der Waals surface area contributed by atoms with E-state index in [-0.39, 0.29) is 11.6 Å². The molecule has 2 aromatic carbocycles. The zero-order chi connectivity index (χ0) is 13.8. The summed E-state index contributed by atoms with van der Waals surface area (Å²) in [4.78, 5) is 11.6. The topological polar surface area (TPSA) is 17.1 Å². The van der Waals surface area contributed by atoms with Crippen molar-refractivity contribution >= 4 is 5.78 Å². The number of hydrogen-bond acceptors (Lipinski definition) is 1. The van der Waals surface area contributed by atoms with Crippen molar-refractivity contribution in [1.82, 2.24) is 0 Å². The summed E-state index contributed by atoms with van der Waals surface area (Å²) in [6.45, 7) is 3.61. The molecule has 0 unspecified atom stereocenters. The smallest absolute Gasteiger partial charge is 0.160 e. The highest BCUT2D eigenvalue weighted by Gasteiger charge is 2.07. The zero-order valence-electron chi connectivity index (χ0n) is 11.2. The summed E-state index contributed by atoms with van der Waals surface area (Å²) in [6.07, 6.45) is 1.60. The van der Waals surface area contributed by atoms with Crippen LogP contribution in [0.25, 0.3) is 0 Å². The lowest BCUT2D eigenvalue weighted by Crippen LogP contribution is -2.02. The van der Waals surface area contributed by atoms with E-state index in [9.17, 15) is 9.18 Å². The van der Waals surface area contributed by atoms with Gasteiger partial charge in [-0.05, 0) is 49.9 Å². The first-order valence-electron chi connectivity index (χ1n) is 6.41. The molecule has 0 saturated carbocycles. The lowest BCUT2D eigenvalue weighted by atomic mass is 9.96. The van der Waals surface area contributed by atoms with E-state index in [0.717, 1.165) is 35.1 Å². The van der Waals surface area contributed by atoms with Crippen molar-refractivity contribution in [3.05, 3.63) is 70.5 Å². The van der Waals surface area contributed by atoms with Crippen molar-refractivity contribution in [2.75, 3.05) is 0 Å². The van der Waals surface area contributed by atoms with Crippen LogP contribution in [0.3, 0.4) is 0 Å². The molecule has 0 aliphatic rings. The van der Waals surface area contributed by atoms with Crippen LogP contribution in [0.4, 0.5) is 4.39 Å². The summed E-state index contributed by atoms with van der Waals surface area (Å²) < 4.78 is 12.8. The minimum Gasteiger partial charge on any atom is -0.295 e. The van der Waals surface area contributed by atoms with Crippen LogP contribution in [0.1, 0.15) is 34.0 Å². The van der Waals surface area contributed by atoms with Gasteiger partial charge in [0.2, 0.25) is 0 Å². The fourth-order valence-corrected chi connectivity index (χ4v) is 2.20. The number of carbonyl (C=O) groups is 1. The molecule has 0 N–H and O–H groups in total. The molecule has 19 heavy (non-hydrogen) atoms. The Labute approximate surface area is 113 Å². The van der Waals surface area contributed by atoms with Crippen LogP contribution in [-0.4, -0.2) is 5.78 Å². The van der Waals surface area contributed by atoms with Gasteiger partial charge < -0.3 is 0 Å². The van der Waals surface area contributed by atoms with E-state index < -0.39 is 0 Å². The predicted octanol–water partition coefficient (Wildman–Crippen LogP) is 4.12. The van der Waals surface area contributed by atoms with Crippen molar-refractivity contribution < 1.29 is 9.18 Å². The second-order valence-electron chi connectivity index (χ2n) is 4.84. The van der Waals surface area contributed by atoms with Crippen molar-refractivity contribution in [2.24, 2.45) is 0 Å². The van der Waals surface area contributed by atoms with Crippen molar-refractivity contribution in [2.45, 2.75) is 26.7 Å². The van der Waals surface area contributed by atoms with Gasteiger partial charge in [-0.3, -0.25) is 4.79 Å². The molecule has 2 rings (SSSR count). The summed E-state index contributed by atoms with van der Waals surface area (Å²) in [6, 6.07) is 12.4. The van der Waals surface area contributed by atoms with Gasteiger partial charge >= 0.3 is 0 Å². The molecule has 2 aromatic rings. The molecule has 98 valence electrons. The molecular weight excluding hydrogens is 239 g/mol. The predicted molar refractivity (Wildman–Crippen MR) is 75.0 cm³/mol. The highest BCUT2D eigenvalue weighted by Crippen LogP contribution is 2.16. The summed E-state index contributed by atoms with van der Waals surface area (Å²) in [5.41, 5.74) is 4.08. The Balaban J connectivity index is 2.16. The van der Waals surface area contributed by atoms with E-state index in [1.807, 2.05) is 19.1 Å². The van der Waals surface area contributed by atoms with Gasteiger partial charge in [0.15, 0.2) is 5.78 Å². The number of benzene rings is 2. The molecule has 0 aromatic heterocycles. The number of Topliss-reactive ketones (excluding diaryl/α,β-unsaturated/α-hetero) is 1. The molecule has 0 saturated heterocycles. The largest absolute Gasteiger partial charge is 0.295 e. The van der Waals surface area contributed by atoms with Gasteiger partial charge in [-0.2, -0.15) is 0 Å². The lowest BCUT2D eigenvalue weighted by Gasteiger charge is -2.08. The third kappa shape index (κ3) is 3.50. The summed E-state index contributed by atoms with van der Waals surface area (Å²) in [5.74, 6) is -0.127. The highest BCUT2D eigenvalue weighted by atomic mass is 19.1. The Morgan fingerprint density at radius 1 is 1.05 bits per heavy atom. The van der Waals surface area contributed by atoms with E-state index in [1.165, 1.54) is 12.1 Å². The second kappa shape index (κ2) is 5.79. The van der Waals surface area contributed by atoms with Crippen molar-refractivity contribution in [3.8, 4) is 0 Å². The van der Waals surface area contributed by atoms with Gasteiger partial charge in [-0.1, -0.05) is 35.9 Å². The van der Waals surface area contributed by atoms with E-state index in [1.54, 1.807) is 19.1 Å². The van der Waals surface area contributed by atoms with E-state index >= 15 is 0 Å². The average Bonchev–Trinajstić information content (AvgIpc) is 2.38. The van der Waals surface area contributed by atoms with Crippen LogP contribution >= 0.6 is 0 Å². The maximum absolute atomic E-state index is 12.8. The Bertz CT molecular complexity index is 585. The van der Waals surface area contributed by atoms with E-state index in [0.29, 0.717) is 0 Å². The summed E-state index contributed by atoms with van der Waals surface area (Å²) >= 11 is 0. The minimum atomic E-state index is -0.219. The molecule has 0 fully saturated rings. The molecule has 0 radical (unpaired) electrons. The first-order chi connectivity index (χ1) is 9.06. The SMILES string of the molecule is CC(=O)c1ccc(C)cc1CCc1ccc(F)cc1. The fraction of sp³-hybridized carbons (Fsp3) is 0.235. The summed E-state index contributed by atoms with van der Waals surface area (Å²) in [7, 11) is 0. The standard InChI is InChI=1S/C17H17FO/c1-12-3-10-17(13(2)19)15(11-12)7-4-14-5-8-16(18)9-6-14/h3,5-6,8-11H,4,7H2,1-2H3. The van der Waals surface area contributed by atoms with Gasteiger partial charge in [-0.25, -0.2) is 4.39 Å². The van der Waals surface area contributed by atoms with Gasteiger partial charge in [0.25, 0.3) is 0 Å². The molecule has 0 atom stereocenters. The molecule has 0 aliphatic heterocycles.